The second kappa shape index (κ2) is 11.4. The average molecular weight is 536 g/mol. The smallest absolute Gasteiger partial charge is 0.325 e. The van der Waals surface area contributed by atoms with Crippen molar-refractivity contribution in [2.75, 3.05) is 20.2 Å². The van der Waals surface area contributed by atoms with Gasteiger partial charge in [-0.1, -0.05) is 45.1 Å². The fourth-order valence-corrected chi connectivity index (χ4v) is 6.48. The number of methoxy groups -OCH3 is 1. The van der Waals surface area contributed by atoms with Gasteiger partial charge in [0.25, 0.3) is 5.91 Å². The molecule has 2 aromatic carbocycles. The van der Waals surface area contributed by atoms with Crippen LogP contribution in [0.15, 0.2) is 52.4 Å². The maximum atomic E-state index is 14.5. The molecule has 0 spiro atoms. The fourth-order valence-electron chi connectivity index (χ4n) is 3.67. The van der Waals surface area contributed by atoms with Gasteiger partial charge in [-0.3, -0.25) is 9.59 Å². The van der Waals surface area contributed by atoms with Crippen molar-refractivity contribution in [3.8, 4) is 0 Å². The van der Waals surface area contributed by atoms with Gasteiger partial charge in [0.1, 0.15) is 12.4 Å². The topological polar surface area (TPSA) is 98.0 Å². The molecule has 0 saturated carbocycles. The van der Waals surface area contributed by atoms with Crippen molar-refractivity contribution in [3.63, 3.8) is 0 Å². The number of thiazole rings is 1. The zero-order valence-electron chi connectivity index (χ0n) is 20.9. The van der Waals surface area contributed by atoms with E-state index in [0.29, 0.717) is 17.8 Å². The van der Waals surface area contributed by atoms with Crippen LogP contribution >= 0.6 is 11.3 Å². The number of rotatable bonds is 9. The number of benzene rings is 2. The van der Waals surface area contributed by atoms with Gasteiger partial charge in [-0.2, -0.15) is 9.30 Å². The highest BCUT2D eigenvalue weighted by Gasteiger charge is 2.26. The average Bonchev–Trinajstić information content (AvgIpc) is 3.15. The number of hydrogen-bond acceptors (Lipinski definition) is 6. The van der Waals surface area contributed by atoms with Crippen LogP contribution in [-0.4, -0.2) is 49.4 Å². The van der Waals surface area contributed by atoms with Crippen LogP contribution in [0, 0.1) is 17.7 Å². The van der Waals surface area contributed by atoms with E-state index in [9.17, 15) is 22.4 Å². The van der Waals surface area contributed by atoms with E-state index >= 15 is 0 Å². The lowest BCUT2D eigenvalue weighted by molar-refractivity contribution is -0.141. The molecule has 3 rings (SSSR count). The number of carbonyl (C=O) groups is 2. The molecular weight excluding hydrogens is 505 g/mol. The van der Waals surface area contributed by atoms with E-state index in [1.807, 2.05) is 27.7 Å². The van der Waals surface area contributed by atoms with Crippen LogP contribution in [0.25, 0.3) is 10.2 Å². The van der Waals surface area contributed by atoms with Gasteiger partial charge in [-0.25, -0.2) is 12.8 Å². The molecule has 1 amide bonds. The summed E-state index contributed by atoms with van der Waals surface area (Å²) in [6, 6.07) is 10.0. The van der Waals surface area contributed by atoms with Crippen molar-refractivity contribution in [3.05, 3.63) is 58.6 Å². The molecule has 3 aromatic rings. The Hall–Kier alpha value is -2.89. The zero-order valence-corrected chi connectivity index (χ0v) is 22.5. The summed E-state index contributed by atoms with van der Waals surface area (Å²) in [7, 11) is -2.52. The summed E-state index contributed by atoms with van der Waals surface area (Å²) in [6.07, 6.45) is 0. The molecule has 36 heavy (non-hydrogen) atoms. The lowest BCUT2D eigenvalue weighted by atomic mass is 10.2. The first-order valence-corrected chi connectivity index (χ1v) is 13.7. The number of aromatic nitrogens is 1. The van der Waals surface area contributed by atoms with E-state index < -0.39 is 27.7 Å². The molecule has 0 bridgehead atoms. The summed E-state index contributed by atoms with van der Waals surface area (Å²) >= 11 is 1.06. The van der Waals surface area contributed by atoms with E-state index in [0.717, 1.165) is 11.3 Å². The molecule has 1 aromatic heterocycles. The fraction of sp³-hybridized carbons (Fsp3) is 0.400. The van der Waals surface area contributed by atoms with E-state index in [1.165, 1.54) is 52.4 Å². The number of amides is 1. The van der Waals surface area contributed by atoms with Crippen molar-refractivity contribution >= 4 is 43.5 Å². The first-order valence-electron chi connectivity index (χ1n) is 11.5. The molecular formula is C25H30FN3O5S2. The highest BCUT2D eigenvalue weighted by molar-refractivity contribution is 7.89. The van der Waals surface area contributed by atoms with Gasteiger partial charge in [0.05, 0.1) is 22.2 Å². The highest BCUT2D eigenvalue weighted by atomic mass is 32.2. The zero-order chi connectivity index (χ0) is 26.6. The standard InChI is InChI=1S/C25H30FN3O5S2/c1-16(2)13-28(14-17(3)4)36(32,33)19-11-9-18(10-12-19)24(31)27-25-29(15-22(30)34-5)23-20(26)7-6-8-21(23)35-25/h6-12,16-17H,13-15H2,1-5H3. The van der Waals surface area contributed by atoms with Crippen LogP contribution in [0.1, 0.15) is 38.1 Å². The number of hydrogen-bond donors (Lipinski definition) is 0. The molecule has 0 N–H and O–H groups in total. The number of halogens is 1. The Bertz CT molecular complexity index is 1410. The van der Waals surface area contributed by atoms with Gasteiger partial charge in [0.2, 0.25) is 10.0 Å². The van der Waals surface area contributed by atoms with Crippen LogP contribution in [0.4, 0.5) is 4.39 Å². The first-order chi connectivity index (χ1) is 16.9. The Morgan fingerprint density at radius 1 is 1.06 bits per heavy atom. The highest BCUT2D eigenvalue weighted by Crippen LogP contribution is 2.22. The van der Waals surface area contributed by atoms with E-state index in [1.54, 1.807) is 6.07 Å². The van der Waals surface area contributed by atoms with Crippen molar-refractivity contribution in [1.82, 2.24) is 8.87 Å². The third-order valence-electron chi connectivity index (χ3n) is 5.24. The number of para-hydroxylation sites is 1. The molecule has 0 aliphatic rings. The number of nitrogens with zero attached hydrogens (tertiary/aromatic N) is 3. The molecule has 0 unspecified atom stereocenters. The van der Waals surface area contributed by atoms with Crippen LogP contribution in [-0.2, 0) is 26.1 Å². The molecule has 0 aliphatic carbocycles. The summed E-state index contributed by atoms with van der Waals surface area (Å²) in [5.74, 6) is -1.51. The maximum Gasteiger partial charge on any atom is 0.325 e. The van der Waals surface area contributed by atoms with Crippen LogP contribution in [0.5, 0.6) is 0 Å². The van der Waals surface area contributed by atoms with Crippen molar-refractivity contribution in [2.24, 2.45) is 16.8 Å². The molecule has 1 heterocycles. The summed E-state index contributed by atoms with van der Waals surface area (Å²) in [4.78, 5) is 29.2. The van der Waals surface area contributed by atoms with Crippen molar-refractivity contribution in [2.45, 2.75) is 39.1 Å². The molecule has 8 nitrogen and oxygen atoms in total. The van der Waals surface area contributed by atoms with Crippen LogP contribution < -0.4 is 4.80 Å². The Morgan fingerprint density at radius 2 is 1.67 bits per heavy atom. The third kappa shape index (κ3) is 6.26. The van der Waals surface area contributed by atoms with Crippen molar-refractivity contribution in [1.29, 1.82) is 0 Å². The second-order valence-corrected chi connectivity index (χ2v) is 12.1. The predicted molar refractivity (Wildman–Crippen MR) is 137 cm³/mol. The van der Waals surface area contributed by atoms with Crippen LogP contribution in [0.3, 0.4) is 0 Å². The number of carbonyl (C=O) groups excluding carboxylic acids is 2. The molecule has 0 aliphatic heterocycles. The summed E-state index contributed by atoms with van der Waals surface area (Å²) in [5, 5.41) is 0. The quantitative estimate of drug-likeness (QED) is 0.385. The lowest BCUT2D eigenvalue weighted by Crippen LogP contribution is -2.37. The number of fused-ring (bicyclic) bond motifs is 1. The Kier molecular flexibility index (Phi) is 8.80. The number of sulfonamides is 1. The minimum Gasteiger partial charge on any atom is -0.468 e. The Labute approximate surface area is 214 Å². The molecule has 194 valence electrons. The number of ether oxygens (including phenoxy) is 1. The van der Waals surface area contributed by atoms with Crippen LogP contribution in [0.2, 0.25) is 0 Å². The minimum absolute atomic E-state index is 0.0880. The van der Waals surface area contributed by atoms with E-state index in [2.05, 4.69) is 4.99 Å². The lowest BCUT2D eigenvalue weighted by Gasteiger charge is -2.25. The minimum atomic E-state index is -3.74. The van der Waals surface area contributed by atoms with Gasteiger partial charge in [-0.15, -0.1) is 0 Å². The summed E-state index contributed by atoms with van der Waals surface area (Å²) in [6.45, 7) is 8.29. The largest absolute Gasteiger partial charge is 0.468 e. The first kappa shape index (κ1) is 27.7. The monoisotopic (exact) mass is 535 g/mol. The van der Waals surface area contributed by atoms with Crippen molar-refractivity contribution < 1.29 is 27.1 Å². The Balaban J connectivity index is 1.98. The summed E-state index contributed by atoms with van der Waals surface area (Å²) in [5.41, 5.74) is 0.312. The number of esters is 1. The normalized spacial score (nSPS) is 12.8. The SMILES string of the molecule is COC(=O)Cn1c(=NC(=O)c2ccc(S(=O)(=O)N(CC(C)C)CC(C)C)cc2)sc2cccc(F)c21. The van der Waals surface area contributed by atoms with E-state index in [4.69, 9.17) is 4.74 Å². The van der Waals surface area contributed by atoms with E-state index in [-0.39, 0.29) is 39.2 Å². The molecule has 0 saturated heterocycles. The van der Waals surface area contributed by atoms with Gasteiger partial charge < -0.3 is 9.30 Å². The van der Waals surface area contributed by atoms with Gasteiger partial charge in [0.15, 0.2) is 4.80 Å². The molecule has 0 fully saturated rings. The van der Waals surface area contributed by atoms with Gasteiger partial charge >= 0.3 is 5.97 Å². The molecule has 0 atom stereocenters. The maximum absolute atomic E-state index is 14.5. The summed E-state index contributed by atoms with van der Waals surface area (Å²) < 4.78 is 48.9. The third-order valence-corrected chi connectivity index (χ3v) is 8.13. The molecule has 0 radical (unpaired) electrons. The Morgan fingerprint density at radius 3 is 2.22 bits per heavy atom. The van der Waals surface area contributed by atoms with Gasteiger partial charge in [0, 0.05) is 18.7 Å². The second-order valence-electron chi connectivity index (χ2n) is 9.18. The van der Waals surface area contributed by atoms with Gasteiger partial charge in [-0.05, 0) is 48.2 Å². The molecule has 11 heteroatoms. The predicted octanol–water partition coefficient (Wildman–Crippen LogP) is 4.06.